The standard InChI is InChI=1S/C16H20N2/c1-14(12-16-10-6-7-11-17-16)18(2)13-15-8-4-3-5-9-15/h3-11,14H,12-13H2,1-2H3/t14-/m1/s1. The fourth-order valence-electron chi connectivity index (χ4n) is 2.00. The van der Waals surface area contributed by atoms with E-state index in [2.05, 4.69) is 60.3 Å². The van der Waals surface area contributed by atoms with Crippen molar-refractivity contribution in [1.29, 1.82) is 0 Å². The van der Waals surface area contributed by atoms with E-state index in [9.17, 15) is 0 Å². The van der Waals surface area contributed by atoms with Crippen molar-refractivity contribution in [3.05, 3.63) is 66.0 Å². The van der Waals surface area contributed by atoms with Crippen molar-refractivity contribution in [2.45, 2.75) is 25.9 Å². The van der Waals surface area contributed by atoms with Crippen LogP contribution in [0.15, 0.2) is 54.7 Å². The summed E-state index contributed by atoms with van der Waals surface area (Å²) in [5.74, 6) is 0. The Labute approximate surface area is 109 Å². The second kappa shape index (κ2) is 6.31. The molecule has 0 aliphatic rings. The number of pyridine rings is 1. The van der Waals surface area contributed by atoms with E-state index >= 15 is 0 Å². The zero-order chi connectivity index (χ0) is 12.8. The molecule has 1 atom stereocenters. The average Bonchev–Trinajstić information content (AvgIpc) is 2.41. The van der Waals surface area contributed by atoms with E-state index in [1.54, 1.807) is 0 Å². The summed E-state index contributed by atoms with van der Waals surface area (Å²) in [4.78, 5) is 6.75. The molecule has 0 unspecified atom stereocenters. The van der Waals surface area contributed by atoms with E-state index in [0.29, 0.717) is 6.04 Å². The molecule has 1 aromatic carbocycles. The first-order chi connectivity index (χ1) is 8.75. The van der Waals surface area contributed by atoms with Gasteiger partial charge in [0.25, 0.3) is 0 Å². The molecular formula is C16H20N2. The van der Waals surface area contributed by atoms with Crippen molar-refractivity contribution in [2.75, 3.05) is 7.05 Å². The van der Waals surface area contributed by atoms with Crippen molar-refractivity contribution in [3.8, 4) is 0 Å². The first kappa shape index (κ1) is 12.8. The SMILES string of the molecule is C[C@H](Cc1ccccn1)N(C)Cc1ccccc1. The van der Waals surface area contributed by atoms with Gasteiger partial charge in [0.15, 0.2) is 0 Å². The van der Waals surface area contributed by atoms with Crippen LogP contribution in [0, 0.1) is 0 Å². The molecule has 0 saturated heterocycles. The minimum absolute atomic E-state index is 0.486. The van der Waals surface area contributed by atoms with Crippen molar-refractivity contribution < 1.29 is 0 Å². The van der Waals surface area contributed by atoms with Gasteiger partial charge >= 0.3 is 0 Å². The van der Waals surface area contributed by atoms with Gasteiger partial charge in [-0.25, -0.2) is 0 Å². The van der Waals surface area contributed by atoms with Crippen LogP contribution in [0.25, 0.3) is 0 Å². The monoisotopic (exact) mass is 240 g/mol. The Morgan fingerprint density at radius 3 is 2.44 bits per heavy atom. The molecule has 0 N–H and O–H groups in total. The Balaban J connectivity index is 1.91. The molecule has 1 aromatic heterocycles. The first-order valence-electron chi connectivity index (χ1n) is 6.40. The van der Waals surface area contributed by atoms with Gasteiger partial charge in [0.05, 0.1) is 0 Å². The van der Waals surface area contributed by atoms with Crippen LogP contribution in [0.2, 0.25) is 0 Å². The van der Waals surface area contributed by atoms with Crippen LogP contribution < -0.4 is 0 Å². The lowest BCUT2D eigenvalue weighted by atomic mass is 10.1. The van der Waals surface area contributed by atoms with Crippen molar-refractivity contribution in [2.24, 2.45) is 0 Å². The van der Waals surface area contributed by atoms with Crippen LogP contribution >= 0.6 is 0 Å². The molecule has 0 aliphatic carbocycles. The summed E-state index contributed by atoms with van der Waals surface area (Å²) in [6, 6.07) is 17.2. The van der Waals surface area contributed by atoms with Crippen LogP contribution in [0.5, 0.6) is 0 Å². The van der Waals surface area contributed by atoms with Crippen LogP contribution in [-0.2, 0) is 13.0 Å². The van der Waals surface area contributed by atoms with Gasteiger partial charge in [-0.2, -0.15) is 0 Å². The number of benzene rings is 1. The highest BCUT2D eigenvalue weighted by Crippen LogP contribution is 2.09. The highest BCUT2D eigenvalue weighted by molar-refractivity contribution is 5.14. The molecular weight excluding hydrogens is 220 g/mol. The molecule has 2 heteroatoms. The van der Waals surface area contributed by atoms with Crippen LogP contribution in [0.4, 0.5) is 0 Å². The number of hydrogen-bond acceptors (Lipinski definition) is 2. The summed E-state index contributed by atoms with van der Waals surface area (Å²) in [5.41, 5.74) is 2.51. The quantitative estimate of drug-likeness (QED) is 0.798. The molecule has 0 fully saturated rings. The van der Waals surface area contributed by atoms with Crippen molar-refractivity contribution >= 4 is 0 Å². The lowest BCUT2D eigenvalue weighted by Gasteiger charge is -2.24. The van der Waals surface area contributed by atoms with Crippen molar-refractivity contribution in [1.82, 2.24) is 9.88 Å². The Bertz CT molecular complexity index is 408. The molecule has 2 aromatic rings. The average molecular weight is 240 g/mol. The zero-order valence-electron chi connectivity index (χ0n) is 11.1. The molecule has 0 spiro atoms. The maximum absolute atomic E-state index is 4.38. The van der Waals surface area contributed by atoms with E-state index in [4.69, 9.17) is 0 Å². The van der Waals surface area contributed by atoms with Gasteiger partial charge in [-0.05, 0) is 31.7 Å². The summed E-state index contributed by atoms with van der Waals surface area (Å²) in [6.45, 7) is 3.23. The van der Waals surface area contributed by atoms with E-state index in [1.165, 1.54) is 5.56 Å². The molecule has 0 aliphatic heterocycles. The van der Waals surface area contributed by atoms with Crippen LogP contribution in [-0.4, -0.2) is 23.0 Å². The molecule has 0 radical (unpaired) electrons. The highest BCUT2D eigenvalue weighted by Gasteiger charge is 2.10. The Morgan fingerprint density at radius 2 is 1.78 bits per heavy atom. The van der Waals surface area contributed by atoms with Gasteiger partial charge in [-0.3, -0.25) is 9.88 Å². The number of nitrogens with zero attached hydrogens (tertiary/aromatic N) is 2. The zero-order valence-corrected chi connectivity index (χ0v) is 11.1. The molecule has 94 valence electrons. The Morgan fingerprint density at radius 1 is 1.06 bits per heavy atom. The second-order valence-corrected chi connectivity index (χ2v) is 4.77. The lowest BCUT2D eigenvalue weighted by Crippen LogP contribution is -2.30. The smallest absolute Gasteiger partial charge is 0.0419 e. The second-order valence-electron chi connectivity index (χ2n) is 4.77. The number of hydrogen-bond donors (Lipinski definition) is 0. The number of aromatic nitrogens is 1. The van der Waals surface area contributed by atoms with Gasteiger partial charge in [-0.1, -0.05) is 36.4 Å². The normalized spacial score (nSPS) is 12.6. The summed E-state index contributed by atoms with van der Waals surface area (Å²) >= 11 is 0. The fourth-order valence-corrected chi connectivity index (χ4v) is 2.00. The van der Waals surface area contributed by atoms with Gasteiger partial charge in [0.2, 0.25) is 0 Å². The number of rotatable bonds is 5. The molecule has 2 rings (SSSR count). The third-order valence-electron chi connectivity index (χ3n) is 3.26. The summed E-state index contributed by atoms with van der Waals surface area (Å²) in [5, 5.41) is 0. The molecule has 0 bridgehead atoms. The summed E-state index contributed by atoms with van der Waals surface area (Å²) < 4.78 is 0. The molecule has 18 heavy (non-hydrogen) atoms. The lowest BCUT2D eigenvalue weighted by molar-refractivity contribution is 0.247. The fraction of sp³-hybridized carbons (Fsp3) is 0.312. The van der Waals surface area contributed by atoms with Gasteiger partial charge in [0, 0.05) is 30.9 Å². The van der Waals surface area contributed by atoms with Gasteiger partial charge in [-0.15, -0.1) is 0 Å². The summed E-state index contributed by atoms with van der Waals surface area (Å²) in [6.07, 6.45) is 2.85. The summed E-state index contributed by atoms with van der Waals surface area (Å²) in [7, 11) is 2.17. The highest BCUT2D eigenvalue weighted by atomic mass is 15.1. The molecule has 2 nitrogen and oxygen atoms in total. The molecule has 0 amide bonds. The van der Waals surface area contributed by atoms with E-state index in [1.807, 2.05) is 18.3 Å². The topological polar surface area (TPSA) is 16.1 Å². The van der Waals surface area contributed by atoms with E-state index in [-0.39, 0.29) is 0 Å². The molecule has 1 heterocycles. The third-order valence-corrected chi connectivity index (χ3v) is 3.26. The predicted octanol–water partition coefficient (Wildman–Crippen LogP) is 3.14. The number of likely N-dealkylation sites (N-methyl/N-ethyl adjacent to an activating group) is 1. The largest absolute Gasteiger partial charge is 0.299 e. The molecule has 0 saturated carbocycles. The predicted molar refractivity (Wildman–Crippen MR) is 75.3 cm³/mol. The first-order valence-corrected chi connectivity index (χ1v) is 6.40. The Hall–Kier alpha value is -1.67. The maximum atomic E-state index is 4.38. The van der Waals surface area contributed by atoms with Crippen molar-refractivity contribution in [3.63, 3.8) is 0 Å². The minimum atomic E-state index is 0.486. The van der Waals surface area contributed by atoms with Gasteiger partial charge in [0.1, 0.15) is 0 Å². The maximum Gasteiger partial charge on any atom is 0.0419 e. The van der Waals surface area contributed by atoms with E-state index < -0.39 is 0 Å². The Kier molecular flexibility index (Phi) is 4.48. The minimum Gasteiger partial charge on any atom is -0.299 e. The third kappa shape index (κ3) is 3.67. The van der Waals surface area contributed by atoms with Crippen LogP contribution in [0.1, 0.15) is 18.2 Å². The van der Waals surface area contributed by atoms with Gasteiger partial charge < -0.3 is 0 Å². The van der Waals surface area contributed by atoms with E-state index in [0.717, 1.165) is 18.7 Å². The van der Waals surface area contributed by atoms with Crippen LogP contribution in [0.3, 0.4) is 0 Å².